The van der Waals surface area contributed by atoms with Crippen molar-refractivity contribution in [2.24, 2.45) is 5.41 Å². The number of epoxide rings is 1. The van der Waals surface area contributed by atoms with Crippen LogP contribution in [0.15, 0.2) is 30.3 Å². The highest BCUT2D eigenvalue weighted by atomic mass is 16.6. The Morgan fingerprint density at radius 3 is 2.76 bits per heavy atom. The van der Waals surface area contributed by atoms with Gasteiger partial charge in [-0.15, -0.1) is 0 Å². The molecule has 5 heteroatoms. The molecule has 112 valence electrons. The van der Waals surface area contributed by atoms with Crippen molar-refractivity contribution in [2.75, 3.05) is 20.3 Å². The molecule has 2 aliphatic heterocycles. The number of hydrogen-bond donors (Lipinski definition) is 0. The van der Waals surface area contributed by atoms with Crippen LogP contribution in [-0.4, -0.2) is 43.1 Å². The van der Waals surface area contributed by atoms with E-state index in [-0.39, 0.29) is 24.4 Å². The number of ether oxygens (including phenoxy) is 2. The highest BCUT2D eigenvalue weighted by Crippen LogP contribution is 2.40. The second-order valence-electron chi connectivity index (χ2n) is 5.84. The van der Waals surface area contributed by atoms with E-state index in [0.717, 1.165) is 5.56 Å². The molecule has 0 aliphatic carbocycles. The van der Waals surface area contributed by atoms with Crippen LogP contribution in [0, 0.1) is 5.41 Å². The number of rotatable bonds is 5. The van der Waals surface area contributed by atoms with Crippen LogP contribution in [-0.2, 0) is 25.6 Å². The van der Waals surface area contributed by atoms with E-state index in [9.17, 15) is 9.59 Å². The normalized spacial score (nSPS) is 27.8. The van der Waals surface area contributed by atoms with Crippen LogP contribution in [0.3, 0.4) is 0 Å². The lowest BCUT2D eigenvalue weighted by Crippen LogP contribution is -2.37. The summed E-state index contributed by atoms with van der Waals surface area (Å²) in [5.41, 5.74) is 0.316. The van der Waals surface area contributed by atoms with Crippen LogP contribution < -0.4 is 0 Å². The molecule has 3 rings (SSSR count). The van der Waals surface area contributed by atoms with E-state index in [1.165, 1.54) is 7.11 Å². The maximum absolute atomic E-state index is 12.3. The Balaban J connectivity index is 1.75. The summed E-state index contributed by atoms with van der Waals surface area (Å²) < 4.78 is 10.2. The predicted molar refractivity (Wildman–Crippen MR) is 75.3 cm³/mol. The highest BCUT2D eigenvalue weighted by molar-refractivity contribution is 5.89. The van der Waals surface area contributed by atoms with Crippen LogP contribution in [0.25, 0.3) is 0 Å². The molecule has 1 aromatic carbocycles. The van der Waals surface area contributed by atoms with Crippen molar-refractivity contribution in [3.05, 3.63) is 35.9 Å². The zero-order chi connectivity index (χ0) is 14.9. The topological polar surface area (TPSA) is 59.1 Å². The van der Waals surface area contributed by atoms with Gasteiger partial charge >= 0.3 is 5.97 Å². The standard InChI is InChI=1S/C16H19NO4/c1-20-15(19)16(7-13-10-21-13)8-14(18)17(11-16)9-12-5-3-2-4-6-12/h2-6,13H,7-11H2,1H3. The number of hydrogen-bond acceptors (Lipinski definition) is 4. The number of likely N-dealkylation sites (tertiary alicyclic amines) is 1. The molecule has 1 aromatic rings. The zero-order valence-corrected chi connectivity index (χ0v) is 12.1. The summed E-state index contributed by atoms with van der Waals surface area (Å²) in [6, 6.07) is 9.80. The molecule has 2 atom stereocenters. The Bertz CT molecular complexity index is 540. The first-order chi connectivity index (χ1) is 10.1. The Morgan fingerprint density at radius 2 is 2.14 bits per heavy atom. The van der Waals surface area contributed by atoms with Gasteiger partial charge in [-0.2, -0.15) is 0 Å². The van der Waals surface area contributed by atoms with E-state index >= 15 is 0 Å². The summed E-state index contributed by atoms with van der Waals surface area (Å²) >= 11 is 0. The third kappa shape index (κ3) is 2.93. The Labute approximate surface area is 123 Å². The third-order valence-corrected chi connectivity index (χ3v) is 4.19. The zero-order valence-electron chi connectivity index (χ0n) is 12.1. The van der Waals surface area contributed by atoms with Gasteiger partial charge < -0.3 is 14.4 Å². The Hall–Kier alpha value is -1.88. The summed E-state index contributed by atoms with van der Waals surface area (Å²) in [5.74, 6) is -0.299. The molecule has 0 saturated carbocycles. The van der Waals surface area contributed by atoms with Gasteiger partial charge in [0.1, 0.15) is 0 Å². The fraction of sp³-hybridized carbons (Fsp3) is 0.500. The van der Waals surface area contributed by atoms with E-state index in [1.54, 1.807) is 4.90 Å². The largest absolute Gasteiger partial charge is 0.469 e. The van der Waals surface area contributed by atoms with Gasteiger partial charge in [0, 0.05) is 19.5 Å². The molecule has 0 N–H and O–H groups in total. The third-order valence-electron chi connectivity index (χ3n) is 4.19. The molecule has 0 radical (unpaired) electrons. The molecule has 5 nitrogen and oxygen atoms in total. The number of nitrogens with zero attached hydrogens (tertiary/aromatic N) is 1. The number of carbonyl (C=O) groups excluding carboxylic acids is 2. The molecule has 2 heterocycles. The fourth-order valence-electron chi connectivity index (χ4n) is 3.05. The predicted octanol–water partition coefficient (Wildman–Crippen LogP) is 1.37. The number of methoxy groups -OCH3 is 1. The molecular weight excluding hydrogens is 270 g/mol. The molecule has 2 saturated heterocycles. The number of esters is 1. The average molecular weight is 289 g/mol. The van der Waals surface area contributed by atoms with E-state index in [2.05, 4.69) is 0 Å². The van der Waals surface area contributed by atoms with Crippen molar-refractivity contribution in [3.8, 4) is 0 Å². The molecule has 1 amide bonds. The molecule has 0 spiro atoms. The van der Waals surface area contributed by atoms with E-state index in [1.807, 2.05) is 30.3 Å². The first kappa shape index (κ1) is 14.1. The smallest absolute Gasteiger partial charge is 0.314 e. The van der Waals surface area contributed by atoms with Gasteiger partial charge in [-0.1, -0.05) is 30.3 Å². The summed E-state index contributed by atoms with van der Waals surface area (Å²) in [7, 11) is 1.38. The van der Waals surface area contributed by atoms with Crippen molar-refractivity contribution < 1.29 is 19.1 Å². The molecule has 2 aliphatic rings. The van der Waals surface area contributed by atoms with Crippen LogP contribution in [0.4, 0.5) is 0 Å². The molecule has 0 bridgehead atoms. The van der Waals surface area contributed by atoms with Crippen molar-refractivity contribution in [1.82, 2.24) is 4.90 Å². The molecule has 21 heavy (non-hydrogen) atoms. The van der Waals surface area contributed by atoms with Crippen molar-refractivity contribution >= 4 is 11.9 Å². The fourth-order valence-corrected chi connectivity index (χ4v) is 3.05. The van der Waals surface area contributed by atoms with Crippen molar-refractivity contribution in [1.29, 1.82) is 0 Å². The van der Waals surface area contributed by atoms with Gasteiger partial charge in [-0.3, -0.25) is 9.59 Å². The van der Waals surface area contributed by atoms with E-state index in [4.69, 9.17) is 9.47 Å². The van der Waals surface area contributed by atoms with Crippen LogP contribution in [0.2, 0.25) is 0 Å². The Kier molecular flexibility index (Phi) is 3.68. The number of benzene rings is 1. The maximum Gasteiger partial charge on any atom is 0.314 e. The highest BCUT2D eigenvalue weighted by Gasteiger charge is 2.52. The van der Waals surface area contributed by atoms with Gasteiger partial charge in [0.05, 0.1) is 25.2 Å². The molecule has 2 unspecified atom stereocenters. The second-order valence-corrected chi connectivity index (χ2v) is 5.84. The van der Waals surface area contributed by atoms with Crippen LogP contribution >= 0.6 is 0 Å². The number of amides is 1. The van der Waals surface area contributed by atoms with Gasteiger partial charge in [-0.25, -0.2) is 0 Å². The summed E-state index contributed by atoms with van der Waals surface area (Å²) in [5, 5.41) is 0. The van der Waals surface area contributed by atoms with E-state index < -0.39 is 5.41 Å². The number of carbonyl (C=O) groups is 2. The Morgan fingerprint density at radius 1 is 1.43 bits per heavy atom. The average Bonchev–Trinajstić information content (AvgIpc) is 3.24. The van der Waals surface area contributed by atoms with Crippen LogP contribution in [0.5, 0.6) is 0 Å². The minimum atomic E-state index is -0.748. The summed E-state index contributed by atoms with van der Waals surface area (Å²) in [6.45, 7) is 1.61. The quantitative estimate of drug-likeness (QED) is 0.607. The summed E-state index contributed by atoms with van der Waals surface area (Å²) in [6.07, 6.45) is 0.872. The molecular formula is C16H19NO4. The van der Waals surface area contributed by atoms with Crippen molar-refractivity contribution in [2.45, 2.75) is 25.5 Å². The van der Waals surface area contributed by atoms with Crippen molar-refractivity contribution in [3.63, 3.8) is 0 Å². The first-order valence-corrected chi connectivity index (χ1v) is 7.15. The minimum absolute atomic E-state index is 0.00454. The second kappa shape index (κ2) is 5.48. The maximum atomic E-state index is 12.3. The lowest BCUT2D eigenvalue weighted by Gasteiger charge is -2.25. The van der Waals surface area contributed by atoms with Crippen LogP contribution in [0.1, 0.15) is 18.4 Å². The molecule has 0 aromatic heterocycles. The van der Waals surface area contributed by atoms with Gasteiger partial charge in [0.25, 0.3) is 0 Å². The lowest BCUT2D eigenvalue weighted by atomic mass is 9.82. The monoisotopic (exact) mass is 289 g/mol. The minimum Gasteiger partial charge on any atom is -0.469 e. The molecule has 2 fully saturated rings. The van der Waals surface area contributed by atoms with E-state index in [0.29, 0.717) is 26.1 Å². The SMILES string of the molecule is COC(=O)C1(CC2CO2)CC(=O)N(Cc2ccccc2)C1. The summed E-state index contributed by atoms with van der Waals surface area (Å²) in [4.78, 5) is 26.2. The lowest BCUT2D eigenvalue weighted by molar-refractivity contribution is -0.153. The van der Waals surface area contributed by atoms with Gasteiger partial charge in [0.15, 0.2) is 0 Å². The van der Waals surface area contributed by atoms with Gasteiger partial charge in [-0.05, 0) is 12.0 Å². The first-order valence-electron chi connectivity index (χ1n) is 7.15. The van der Waals surface area contributed by atoms with Gasteiger partial charge in [0.2, 0.25) is 5.91 Å².